The summed E-state index contributed by atoms with van der Waals surface area (Å²) in [6.07, 6.45) is 7.05. The highest BCUT2D eigenvalue weighted by Gasteiger charge is 2.35. The fourth-order valence-corrected chi connectivity index (χ4v) is 3.32. The lowest BCUT2D eigenvalue weighted by Gasteiger charge is -2.30. The summed E-state index contributed by atoms with van der Waals surface area (Å²) in [7, 11) is 0. The highest BCUT2D eigenvalue weighted by atomic mass is 16.6. The Labute approximate surface area is 128 Å². The molecule has 2 bridgehead atoms. The average molecular weight is 294 g/mol. The molecule has 0 aromatic carbocycles. The first kappa shape index (κ1) is 16.3. The summed E-state index contributed by atoms with van der Waals surface area (Å²) in [5.74, 6) is 2.34. The van der Waals surface area contributed by atoms with Gasteiger partial charge in [-0.3, -0.25) is 0 Å². The molecule has 0 radical (unpaired) electrons. The molecule has 2 aliphatic carbocycles. The van der Waals surface area contributed by atoms with Crippen molar-refractivity contribution in [2.75, 3.05) is 13.1 Å². The maximum absolute atomic E-state index is 11.8. The fourth-order valence-electron chi connectivity index (χ4n) is 3.32. The van der Waals surface area contributed by atoms with Crippen LogP contribution in [0.2, 0.25) is 0 Å². The van der Waals surface area contributed by atoms with Crippen LogP contribution in [0.25, 0.3) is 0 Å². The highest BCUT2D eigenvalue weighted by Crippen LogP contribution is 2.42. The van der Waals surface area contributed by atoms with Crippen molar-refractivity contribution in [1.29, 1.82) is 0 Å². The molecule has 1 fully saturated rings. The third kappa shape index (κ3) is 5.03. The number of ether oxygens (including phenoxy) is 1. The van der Waals surface area contributed by atoms with E-state index in [1.165, 1.54) is 12.8 Å². The van der Waals surface area contributed by atoms with Crippen molar-refractivity contribution in [3.63, 3.8) is 0 Å². The number of amides is 1. The van der Waals surface area contributed by atoms with Crippen molar-refractivity contribution in [3.05, 3.63) is 12.2 Å². The molecule has 0 spiro atoms. The third-order valence-electron chi connectivity index (χ3n) is 4.23. The van der Waals surface area contributed by atoms with E-state index in [-0.39, 0.29) is 11.6 Å². The topological polar surface area (TPSA) is 50.4 Å². The lowest BCUT2D eigenvalue weighted by Crippen LogP contribution is -2.52. The monoisotopic (exact) mass is 294 g/mol. The fraction of sp³-hybridized carbons (Fsp3) is 0.824. The van der Waals surface area contributed by atoms with Gasteiger partial charge in [-0.05, 0) is 71.8 Å². The van der Waals surface area contributed by atoms with Gasteiger partial charge in [0.25, 0.3) is 0 Å². The van der Waals surface area contributed by atoms with Crippen molar-refractivity contribution in [3.8, 4) is 0 Å². The van der Waals surface area contributed by atoms with Crippen molar-refractivity contribution in [1.82, 2.24) is 10.6 Å². The summed E-state index contributed by atoms with van der Waals surface area (Å²) < 4.78 is 5.31. The number of fused-ring (bicyclic) bond motifs is 2. The Morgan fingerprint density at radius 3 is 2.43 bits per heavy atom. The Morgan fingerprint density at radius 1 is 1.19 bits per heavy atom. The van der Waals surface area contributed by atoms with E-state index in [4.69, 9.17) is 4.74 Å². The van der Waals surface area contributed by atoms with E-state index in [0.717, 1.165) is 30.8 Å². The van der Waals surface area contributed by atoms with Crippen molar-refractivity contribution in [2.45, 2.75) is 58.6 Å². The van der Waals surface area contributed by atoms with E-state index in [1.807, 2.05) is 34.6 Å². The largest absolute Gasteiger partial charge is 0.444 e. The first-order valence-corrected chi connectivity index (χ1v) is 8.05. The number of carbonyl (C=O) groups is 1. The molecular formula is C17H30N2O2. The Balaban J connectivity index is 1.69. The minimum Gasteiger partial charge on any atom is -0.444 e. The zero-order valence-corrected chi connectivity index (χ0v) is 14.0. The van der Waals surface area contributed by atoms with Crippen LogP contribution < -0.4 is 10.6 Å². The zero-order valence-electron chi connectivity index (χ0n) is 14.0. The van der Waals surface area contributed by atoms with E-state index in [2.05, 4.69) is 22.8 Å². The molecule has 3 unspecified atom stereocenters. The van der Waals surface area contributed by atoms with Crippen LogP contribution in [0.3, 0.4) is 0 Å². The quantitative estimate of drug-likeness (QED) is 0.766. The van der Waals surface area contributed by atoms with Crippen LogP contribution in [0.5, 0.6) is 0 Å². The lowest BCUT2D eigenvalue weighted by atomic mass is 9.93. The van der Waals surface area contributed by atoms with Gasteiger partial charge < -0.3 is 15.4 Å². The maximum atomic E-state index is 11.8. The van der Waals surface area contributed by atoms with E-state index >= 15 is 0 Å². The molecule has 0 saturated heterocycles. The summed E-state index contributed by atoms with van der Waals surface area (Å²) in [6, 6.07) is 0. The van der Waals surface area contributed by atoms with Gasteiger partial charge in [0, 0.05) is 6.54 Å². The molecule has 3 atom stereocenters. The Bertz CT molecular complexity index is 410. The Hall–Kier alpha value is -1.03. The molecule has 1 saturated carbocycles. The number of nitrogens with one attached hydrogen (secondary N) is 2. The van der Waals surface area contributed by atoms with Crippen LogP contribution in [0.15, 0.2) is 12.2 Å². The van der Waals surface area contributed by atoms with Crippen LogP contribution >= 0.6 is 0 Å². The molecule has 4 heteroatoms. The van der Waals surface area contributed by atoms with E-state index in [9.17, 15) is 4.79 Å². The third-order valence-corrected chi connectivity index (χ3v) is 4.23. The van der Waals surface area contributed by atoms with Crippen molar-refractivity contribution in [2.24, 2.45) is 17.8 Å². The Morgan fingerprint density at radius 2 is 1.90 bits per heavy atom. The second-order valence-electron chi connectivity index (χ2n) is 8.18. The van der Waals surface area contributed by atoms with Crippen LogP contribution in [-0.2, 0) is 4.74 Å². The molecule has 0 heterocycles. The number of hydrogen-bond donors (Lipinski definition) is 2. The van der Waals surface area contributed by atoms with Gasteiger partial charge in [-0.2, -0.15) is 0 Å². The standard InChI is InChI=1S/C17H30N2O2/c1-16(2,3)21-15(20)19-17(4,5)11-18-10-14-9-12-6-7-13(14)8-12/h6-7,12-14,18H,8-11H2,1-5H3,(H,19,20). The lowest BCUT2D eigenvalue weighted by molar-refractivity contribution is 0.0471. The van der Waals surface area contributed by atoms with Crippen LogP contribution in [0.4, 0.5) is 4.79 Å². The van der Waals surface area contributed by atoms with Gasteiger partial charge in [0.1, 0.15) is 5.60 Å². The molecule has 2 N–H and O–H groups in total. The number of carbonyl (C=O) groups excluding carboxylic acids is 1. The van der Waals surface area contributed by atoms with Gasteiger partial charge in [-0.15, -0.1) is 0 Å². The van der Waals surface area contributed by atoms with E-state index < -0.39 is 5.60 Å². The first-order chi connectivity index (χ1) is 9.65. The molecule has 4 nitrogen and oxygen atoms in total. The second-order valence-corrected chi connectivity index (χ2v) is 8.18. The summed E-state index contributed by atoms with van der Waals surface area (Å²) in [6.45, 7) is 11.4. The molecular weight excluding hydrogens is 264 g/mol. The predicted molar refractivity (Wildman–Crippen MR) is 85.2 cm³/mol. The maximum Gasteiger partial charge on any atom is 0.408 e. The SMILES string of the molecule is CC(C)(CNCC1CC2C=CC1C2)NC(=O)OC(C)(C)C. The summed E-state index contributed by atoms with van der Waals surface area (Å²) in [5, 5.41) is 6.45. The molecule has 2 rings (SSSR count). The van der Waals surface area contributed by atoms with Gasteiger partial charge in [-0.25, -0.2) is 4.79 Å². The minimum absolute atomic E-state index is 0.310. The van der Waals surface area contributed by atoms with Crippen LogP contribution in [-0.4, -0.2) is 30.3 Å². The smallest absolute Gasteiger partial charge is 0.408 e. The molecule has 1 amide bonds. The van der Waals surface area contributed by atoms with Crippen molar-refractivity contribution >= 4 is 6.09 Å². The Kier molecular flexibility index (Phi) is 4.66. The van der Waals surface area contributed by atoms with Crippen LogP contribution in [0.1, 0.15) is 47.5 Å². The summed E-state index contributed by atoms with van der Waals surface area (Å²) in [4.78, 5) is 11.8. The summed E-state index contributed by atoms with van der Waals surface area (Å²) in [5.41, 5.74) is -0.765. The average Bonchev–Trinajstić information content (AvgIpc) is 2.86. The molecule has 21 heavy (non-hydrogen) atoms. The second kappa shape index (κ2) is 5.99. The van der Waals surface area contributed by atoms with Gasteiger partial charge >= 0.3 is 6.09 Å². The minimum atomic E-state index is -0.455. The first-order valence-electron chi connectivity index (χ1n) is 8.05. The van der Waals surface area contributed by atoms with Crippen molar-refractivity contribution < 1.29 is 9.53 Å². The summed E-state index contributed by atoms with van der Waals surface area (Å²) >= 11 is 0. The van der Waals surface area contributed by atoms with E-state index in [0.29, 0.717) is 0 Å². The van der Waals surface area contributed by atoms with Gasteiger partial charge in [0.15, 0.2) is 0 Å². The van der Waals surface area contributed by atoms with E-state index in [1.54, 1.807) is 0 Å². The number of alkyl carbamates (subject to hydrolysis) is 1. The molecule has 0 aromatic rings. The molecule has 0 aliphatic heterocycles. The van der Waals surface area contributed by atoms with Gasteiger partial charge in [0.2, 0.25) is 0 Å². The predicted octanol–water partition coefficient (Wildman–Crippen LogP) is 3.09. The molecule has 2 aliphatic rings. The normalized spacial score (nSPS) is 28.0. The van der Waals surface area contributed by atoms with Gasteiger partial charge in [-0.1, -0.05) is 12.2 Å². The number of allylic oxidation sites excluding steroid dienone is 2. The number of rotatable bonds is 5. The van der Waals surface area contributed by atoms with Gasteiger partial charge in [0.05, 0.1) is 5.54 Å². The number of hydrogen-bond acceptors (Lipinski definition) is 3. The van der Waals surface area contributed by atoms with Crippen LogP contribution in [0, 0.1) is 17.8 Å². The molecule has 0 aromatic heterocycles. The molecule has 120 valence electrons. The highest BCUT2D eigenvalue weighted by molar-refractivity contribution is 5.68. The zero-order chi connectivity index (χ0) is 15.7.